The zero-order valence-electron chi connectivity index (χ0n) is 11.2. The van der Waals surface area contributed by atoms with E-state index in [1.165, 1.54) is 18.2 Å². The van der Waals surface area contributed by atoms with Gasteiger partial charge in [0, 0.05) is 18.2 Å². The van der Waals surface area contributed by atoms with E-state index < -0.39 is 4.92 Å². The summed E-state index contributed by atoms with van der Waals surface area (Å²) in [5, 5.41) is 22.8. The number of hydrogen-bond donors (Lipinski definition) is 1. The predicted molar refractivity (Wildman–Crippen MR) is 76.5 cm³/mol. The van der Waals surface area contributed by atoms with Crippen molar-refractivity contribution in [3.63, 3.8) is 0 Å². The zero-order valence-corrected chi connectivity index (χ0v) is 11.2. The number of nitrogens with one attached hydrogen (secondary N) is 1. The minimum absolute atomic E-state index is 0.123. The average Bonchev–Trinajstić information content (AvgIpc) is 2.49. The van der Waals surface area contributed by atoms with Crippen LogP contribution in [0.2, 0.25) is 0 Å². The Bertz CT molecular complexity index is 692. The second-order valence-electron chi connectivity index (χ2n) is 4.04. The van der Waals surface area contributed by atoms with Crippen molar-refractivity contribution in [1.29, 1.82) is 5.26 Å². The van der Waals surface area contributed by atoms with Crippen LogP contribution in [0.5, 0.6) is 5.88 Å². The van der Waals surface area contributed by atoms with Crippen molar-refractivity contribution in [2.75, 3.05) is 11.9 Å². The smallest absolute Gasteiger partial charge is 0.270 e. The summed E-state index contributed by atoms with van der Waals surface area (Å²) in [6, 6.07) is 9.44. The summed E-state index contributed by atoms with van der Waals surface area (Å²) in [5.74, 6) is 0.507. The Morgan fingerprint density at radius 2 is 2.24 bits per heavy atom. The Morgan fingerprint density at radius 3 is 2.81 bits per heavy atom. The molecule has 21 heavy (non-hydrogen) atoms. The number of aromatic nitrogens is 1. The van der Waals surface area contributed by atoms with Gasteiger partial charge in [-0.05, 0) is 19.1 Å². The first-order valence-electron chi connectivity index (χ1n) is 6.18. The summed E-state index contributed by atoms with van der Waals surface area (Å²) in [4.78, 5) is 14.2. The maximum absolute atomic E-state index is 10.7. The van der Waals surface area contributed by atoms with Crippen LogP contribution in [-0.2, 0) is 0 Å². The molecule has 0 saturated heterocycles. The van der Waals surface area contributed by atoms with E-state index in [1.54, 1.807) is 18.3 Å². The van der Waals surface area contributed by atoms with Crippen molar-refractivity contribution >= 4 is 17.1 Å². The van der Waals surface area contributed by atoms with Crippen LogP contribution in [0, 0.1) is 21.4 Å². The summed E-state index contributed by atoms with van der Waals surface area (Å²) in [7, 11) is 0. The minimum Gasteiger partial charge on any atom is -0.478 e. The minimum atomic E-state index is -0.539. The van der Waals surface area contributed by atoms with Gasteiger partial charge in [-0.15, -0.1) is 0 Å². The van der Waals surface area contributed by atoms with Crippen molar-refractivity contribution < 1.29 is 9.66 Å². The summed E-state index contributed by atoms with van der Waals surface area (Å²) < 4.78 is 5.23. The molecule has 7 nitrogen and oxygen atoms in total. The maximum atomic E-state index is 10.7. The van der Waals surface area contributed by atoms with Gasteiger partial charge in [-0.3, -0.25) is 10.1 Å². The fourth-order valence-electron chi connectivity index (χ4n) is 1.69. The number of nitrogens with zero attached hydrogens (tertiary/aromatic N) is 3. The molecular formula is C14H12N4O3. The molecule has 0 unspecified atom stereocenters. The van der Waals surface area contributed by atoms with Crippen molar-refractivity contribution in [3.8, 4) is 11.9 Å². The van der Waals surface area contributed by atoms with Crippen LogP contribution in [0.4, 0.5) is 17.1 Å². The Balaban J connectivity index is 2.23. The Labute approximate surface area is 121 Å². The first-order chi connectivity index (χ1) is 10.1. The number of nitro benzene ring substituents is 1. The molecule has 1 aromatic heterocycles. The number of anilines is 2. The number of benzene rings is 1. The highest BCUT2D eigenvalue weighted by molar-refractivity contribution is 5.68. The molecule has 0 spiro atoms. The van der Waals surface area contributed by atoms with Crippen LogP contribution >= 0.6 is 0 Å². The van der Waals surface area contributed by atoms with E-state index in [-0.39, 0.29) is 11.3 Å². The molecular weight excluding hydrogens is 272 g/mol. The van der Waals surface area contributed by atoms with Gasteiger partial charge in [0.1, 0.15) is 6.07 Å². The largest absolute Gasteiger partial charge is 0.478 e. The summed E-state index contributed by atoms with van der Waals surface area (Å²) in [6.45, 7) is 2.39. The monoisotopic (exact) mass is 284 g/mol. The van der Waals surface area contributed by atoms with Gasteiger partial charge in [0.2, 0.25) is 5.88 Å². The van der Waals surface area contributed by atoms with Crippen molar-refractivity contribution in [2.24, 2.45) is 0 Å². The van der Waals surface area contributed by atoms with Crippen molar-refractivity contribution in [1.82, 2.24) is 4.98 Å². The SMILES string of the molecule is CCOc1ccc(Nc2ccc([N+](=O)[O-])cc2C#N)cn1. The molecule has 0 fully saturated rings. The summed E-state index contributed by atoms with van der Waals surface area (Å²) in [6.07, 6.45) is 1.56. The highest BCUT2D eigenvalue weighted by Crippen LogP contribution is 2.25. The van der Waals surface area contributed by atoms with E-state index in [1.807, 2.05) is 13.0 Å². The molecule has 0 aliphatic heterocycles. The molecule has 106 valence electrons. The molecule has 0 radical (unpaired) electrons. The third-order valence-electron chi connectivity index (χ3n) is 2.64. The molecule has 7 heteroatoms. The lowest BCUT2D eigenvalue weighted by Crippen LogP contribution is -1.98. The molecule has 0 aliphatic carbocycles. The number of rotatable bonds is 5. The quantitative estimate of drug-likeness (QED) is 0.669. The van der Waals surface area contributed by atoms with Gasteiger partial charge in [-0.25, -0.2) is 4.98 Å². The first kappa shape index (κ1) is 14.3. The van der Waals surface area contributed by atoms with Gasteiger partial charge in [0.15, 0.2) is 0 Å². The van der Waals surface area contributed by atoms with Crippen LogP contribution < -0.4 is 10.1 Å². The molecule has 1 heterocycles. The van der Waals surface area contributed by atoms with Crippen LogP contribution in [0.1, 0.15) is 12.5 Å². The van der Waals surface area contributed by atoms with Crippen molar-refractivity contribution in [3.05, 3.63) is 52.2 Å². The fourth-order valence-corrected chi connectivity index (χ4v) is 1.69. The summed E-state index contributed by atoms with van der Waals surface area (Å²) in [5.41, 5.74) is 1.21. The topological polar surface area (TPSA) is 101 Å². The van der Waals surface area contributed by atoms with E-state index in [0.29, 0.717) is 23.9 Å². The number of hydrogen-bond acceptors (Lipinski definition) is 6. The molecule has 0 aliphatic rings. The highest BCUT2D eigenvalue weighted by Gasteiger charge is 2.10. The second kappa shape index (κ2) is 6.34. The van der Waals surface area contributed by atoms with Crippen LogP contribution in [0.15, 0.2) is 36.5 Å². The normalized spacial score (nSPS) is 9.71. The van der Waals surface area contributed by atoms with Gasteiger partial charge in [0.25, 0.3) is 5.69 Å². The molecule has 2 aromatic rings. The number of pyridine rings is 1. The molecule has 1 N–H and O–H groups in total. The fraction of sp³-hybridized carbons (Fsp3) is 0.143. The molecule has 0 bridgehead atoms. The number of non-ortho nitro benzene ring substituents is 1. The average molecular weight is 284 g/mol. The first-order valence-corrected chi connectivity index (χ1v) is 6.18. The molecule has 1 aromatic carbocycles. The van der Waals surface area contributed by atoms with E-state index in [2.05, 4.69) is 10.3 Å². The third-order valence-corrected chi connectivity index (χ3v) is 2.64. The zero-order chi connectivity index (χ0) is 15.2. The Hall–Kier alpha value is -3.14. The number of ether oxygens (including phenoxy) is 1. The molecule has 0 atom stereocenters. The lowest BCUT2D eigenvalue weighted by atomic mass is 10.1. The third kappa shape index (κ3) is 3.45. The Morgan fingerprint density at radius 1 is 1.43 bits per heavy atom. The molecule has 0 saturated carbocycles. The second-order valence-corrected chi connectivity index (χ2v) is 4.04. The highest BCUT2D eigenvalue weighted by atomic mass is 16.6. The van der Waals surface area contributed by atoms with Crippen LogP contribution in [-0.4, -0.2) is 16.5 Å². The van der Waals surface area contributed by atoms with Gasteiger partial charge in [-0.1, -0.05) is 0 Å². The van der Waals surface area contributed by atoms with Gasteiger partial charge in [-0.2, -0.15) is 5.26 Å². The van der Waals surface area contributed by atoms with E-state index in [4.69, 9.17) is 10.00 Å². The van der Waals surface area contributed by atoms with E-state index in [0.717, 1.165) is 0 Å². The van der Waals surface area contributed by atoms with Gasteiger partial charge in [0.05, 0.1) is 34.7 Å². The van der Waals surface area contributed by atoms with Gasteiger partial charge >= 0.3 is 0 Å². The maximum Gasteiger partial charge on any atom is 0.270 e. The molecule has 2 rings (SSSR count). The number of nitro groups is 1. The standard InChI is InChI=1S/C14H12N4O3/c1-2-21-14-6-3-11(9-16-14)17-13-5-4-12(18(19)20)7-10(13)8-15/h3-7,9,17H,2H2,1H3. The lowest BCUT2D eigenvalue weighted by molar-refractivity contribution is -0.384. The predicted octanol–water partition coefficient (Wildman–Crippen LogP) is 3.00. The van der Waals surface area contributed by atoms with E-state index >= 15 is 0 Å². The van der Waals surface area contributed by atoms with Gasteiger partial charge < -0.3 is 10.1 Å². The lowest BCUT2D eigenvalue weighted by Gasteiger charge is -2.08. The van der Waals surface area contributed by atoms with Crippen LogP contribution in [0.25, 0.3) is 0 Å². The number of nitriles is 1. The van der Waals surface area contributed by atoms with Crippen molar-refractivity contribution in [2.45, 2.75) is 6.92 Å². The Kier molecular flexibility index (Phi) is 4.31. The van der Waals surface area contributed by atoms with Crippen LogP contribution in [0.3, 0.4) is 0 Å². The molecule has 0 amide bonds. The van der Waals surface area contributed by atoms with E-state index in [9.17, 15) is 10.1 Å². The summed E-state index contributed by atoms with van der Waals surface area (Å²) >= 11 is 0.